The van der Waals surface area contributed by atoms with Crippen molar-refractivity contribution in [2.45, 2.75) is 50.4 Å². The lowest BCUT2D eigenvalue weighted by Crippen LogP contribution is -2.51. The summed E-state index contributed by atoms with van der Waals surface area (Å²) in [4.78, 5) is 12.6. The third-order valence-corrected chi connectivity index (χ3v) is 6.60. The summed E-state index contributed by atoms with van der Waals surface area (Å²) in [5, 5.41) is 11.8. The molecule has 6 nitrogen and oxygen atoms in total. The quantitative estimate of drug-likeness (QED) is 0.762. The number of aliphatic hydroxyl groups is 1. The first kappa shape index (κ1) is 18.9. The Hall–Kier alpha value is -1.44. The van der Waals surface area contributed by atoms with E-state index in [1.165, 1.54) is 4.31 Å². The maximum absolute atomic E-state index is 12.6. The fourth-order valence-corrected chi connectivity index (χ4v) is 4.42. The number of carbonyl (C=O) groups is 1. The molecule has 0 aliphatic carbocycles. The zero-order chi connectivity index (χ0) is 17.7. The fourth-order valence-electron chi connectivity index (χ4n) is 2.93. The van der Waals surface area contributed by atoms with Crippen LogP contribution in [0.3, 0.4) is 0 Å². The first-order valence-corrected chi connectivity index (χ1v) is 9.82. The Balaban J connectivity index is 2.04. The molecule has 0 aromatic heterocycles. The third-order valence-electron chi connectivity index (χ3n) is 4.32. The van der Waals surface area contributed by atoms with Crippen molar-refractivity contribution in [3.8, 4) is 0 Å². The Morgan fingerprint density at radius 3 is 2.58 bits per heavy atom. The number of sulfonamides is 1. The molecule has 1 fully saturated rings. The van der Waals surface area contributed by atoms with Gasteiger partial charge in [0.25, 0.3) is 0 Å². The molecule has 1 aromatic carbocycles. The second-order valence-electron chi connectivity index (χ2n) is 6.44. The lowest BCUT2D eigenvalue weighted by molar-refractivity contribution is -0.125. The van der Waals surface area contributed by atoms with Crippen LogP contribution in [-0.4, -0.2) is 54.2 Å². The largest absolute Gasteiger partial charge is 0.394 e. The molecule has 2 rings (SSSR count). The highest BCUT2D eigenvalue weighted by Gasteiger charge is 2.40. The monoisotopic (exact) mass is 354 g/mol. The lowest BCUT2D eigenvalue weighted by atomic mass is 10.1. The summed E-state index contributed by atoms with van der Waals surface area (Å²) >= 11 is 0. The van der Waals surface area contributed by atoms with Crippen molar-refractivity contribution in [1.82, 2.24) is 9.62 Å². The SMILES string of the molecule is CC(C)S(=O)(=O)N1CCC[C@@H]1C(=O)N[C@H](CO)Cc1ccccc1. The van der Waals surface area contributed by atoms with E-state index < -0.39 is 27.4 Å². The topological polar surface area (TPSA) is 86.7 Å². The molecule has 0 spiro atoms. The molecule has 1 aliphatic heterocycles. The molecular formula is C17H26N2O4S. The van der Waals surface area contributed by atoms with Crippen LogP contribution in [0, 0.1) is 0 Å². The Labute approximate surface area is 143 Å². The van der Waals surface area contributed by atoms with Crippen molar-refractivity contribution >= 4 is 15.9 Å². The first-order chi connectivity index (χ1) is 11.4. The maximum atomic E-state index is 12.6. The molecule has 134 valence electrons. The minimum Gasteiger partial charge on any atom is -0.394 e. The number of carbonyl (C=O) groups excluding carboxylic acids is 1. The fraction of sp³-hybridized carbons (Fsp3) is 0.588. The summed E-state index contributed by atoms with van der Waals surface area (Å²) in [7, 11) is -3.46. The Morgan fingerprint density at radius 2 is 2.00 bits per heavy atom. The second kappa shape index (κ2) is 8.09. The second-order valence-corrected chi connectivity index (χ2v) is 8.88. The average Bonchev–Trinajstić information content (AvgIpc) is 3.05. The molecule has 1 aliphatic rings. The van der Waals surface area contributed by atoms with Crippen LogP contribution in [0.5, 0.6) is 0 Å². The van der Waals surface area contributed by atoms with E-state index in [0.29, 0.717) is 25.8 Å². The van der Waals surface area contributed by atoms with Gasteiger partial charge in [0, 0.05) is 6.54 Å². The number of hydrogen-bond donors (Lipinski definition) is 2. The molecule has 0 bridgehead atoms. The molecular weight excluding hydrogens is 328 g/mol. The number of nitrogens with one attached hydrogen (secondary N) is 1. The van der Waals surface area contributed by atoms with Crippen LogP contribution in [-0.2, 0) is 21.2 Å². The molecule has 2 atom stereocenters. The molecule has 2 N–H and O–H groups in total. The van der Waals surface area contributed by atoms with Gasteiger partial charge in [-0.05, 0) is 38.7 Å². The number of amides is 1. The number of benzene rings is 1. The minimum atomic E-state index is -3.46. The van der Waals surface area contributed by atoms with Gasteiger partial charge in [0.2, 0.25) is 15.9 Å². The predicted octanol–water partition coefficient (Wildman–Crippen LogP) is 0.909. The summed E-state index contributed by atoms with van der Waals surface area (Å²) in [5.41, 5.74) is 1.01. The van der Waals surface area contributed by atoms with E-state index in [0.717, 1.165) is 5.56 Å². The molecule has 7 heteroatoms. The van der Waals surface area contributed by atoms with Crippen LogP contribution < -0.4 is 5.32 Å². The van der Waals surface area contributed by atoms with Crippen molar-refractivity contribution in [1.29, 1.82) is 0 Å². The number of rotatable bonds is 7. The highest BCUT2D eigenvalue weighted by atomic mass is 32.2. The van der Waals surface area contributed by atoms with E-state index in [4.69, 9.17) is 0 Å². The molecule has 1 amide bonds. The van der Waals surface area contributed by atoms with Gasteiger partial charge < -0.3 is 10.4 Å². The van der Waals surface area contributed by atoms with Crippen molar-refractivity contribution in [2.24, 2.45) is 0 Å². The van der Waals surface area contributed by atoms with Gasteiger partial charge in [-0.3, -0.25) is 4.79 Å². The van der Waals surface area contributed by atoms with Crippen molar-refractivity contribution in [3.63, 3.8) is 0 Å². The first-order valence-electron chi connectivity index (χ1n) is 8.32. The van der Waals surface area contributed by atoms with Crippen LogP contribution >= 0.6 is 0 Å². The van der Waals surface area contributed by atoms with E-state index in [2.05, 4.69) is 5.32 Å². The zero-order valence-electron chi connectivity index (χ0n) is 14.2. The summed E-state index contributed by atoms with van der Waals surface area (Å²) in [6.45, 7) is 3.43. The molecule has 24 heavy (non-hydrogen) atoms. The Morgan fingerprint density at radius 1 is 1.33 bits per heavy atom. The standard InChI is InChI=1S/C17H26N2O4S/c1-13(2)24(22,23)19-10-6-9-16(19)17(21)18-15(12-20)11-14-7-4-3-5-8-14/h3-5,7-8,13,15-16,20H,6,9-12H2,1-2H3,(H,18,21)/t15-,16+/m0/s1. The van der Waals surface area contributed by atoms with E-state index in [1.54, 1.807) is 13.8 Å². The van der Waals surface area contributed by atoms with Gasteiger partial charge >= 0.3 is 0 Å². The smallest absolute Gasteiger partial charge is 0.238 e. The lowest BCUT2D eigenvalue weighted by Gasteiger charge is -2.27. The maximum Gasteiger partial charge on any atom is 0.238 e. The Kier molecular flexibility index (Phi) is 6.37. The molecule has 0 saturated carbocycles. The van der Waals surface area contributed by atoms with Gasteiger partial charge in [-0.2, -0.15) is 4.31 Å². The van der Waals surface area contributed by atoms with Crippen molar-refractivity contribution in [2.75, 3.05) is 13.2 Å². The van der Waals surface area contributed by atoms with Crippen LogP contribution in [0.1, 0.15) is 32.3 Å². The molecule has 1 aromatic rings. The Bertz CT molecular complexity index is 646. The van der Waals surface area contributed by atoms with Crippen molar-refractivity contribution < 1.29 is 18.3 Å². The van der Waals surface area contributed by atoms with E-state index in [9.17, 15) is 18.3 Å². The number of aliphatic hydroxyl groups excluding tert-OH is 1. The number of nitrogens with zero attached hydrogens (tertiary/aromatic N) is 1. The molecule has 1 heterocycles. The van der Waals surface area contributed by atoms with Crippen LogP contribution in [0.15, 0.2) is 30.3 Å². The predicted molar refractivity (Wildman–Crippen MR) is 92.9 cm³/mol. The number of hydrogen-bond acceptors (Lipinski definition) is 4. The average molecular weight is 354 g/mol. The van der Waals surface area contributed by atoms with Crippen molar-refractivity contribution in [3.05, 3.63) is 35.9 Å². The van der Waals surface area contributed by atoms with Crippen LogP contribution in [0.2, 0.25) is 0 Å². The van der Waals surface area contributed by atoms with E-state index in [-0.39, 0.29) is 12.5 Å². The summed E-state index contributed by atoms with van der Waals surface area (Å²) in [5.74, 6) is -0.327. The summed E-state index contributed by atoms with van der Waals surface area (Å²) in [6, 6.07) is 8.47. The van der Waals surface area contributed by atoms with Gasteiger partial charge in [-0.25, -0.2) is 8.42 Å². The summed E-state index contributed by atoms with van der Waals surface area (Å²) in [6.07, 6.45) is 1.69. The molecule has 0 radical (unpaired) electrons. The highest BCUT2D eigenvalue weighted by Crippen LogP contribution is 2.24. The molecule has 1 saturated heterocycles. The highest BCUT2D eigenvalue weighted by molar-refractivity contribution is 7.89. The van der Waals surface area contributed by atoms with E-state index in [1.807, 2.05) is 30.3 Å². The summed E-state index contributed by atoms with van der Waals surface area (Å²) < 4.78 is 26.1. The van der Waals surface area contributed by atoms with Gasteiger partial charge in [0.05, 0.1) is 17.9 Å². The van der Waals surface area contributed by atoms with Gasteiger partial charge in [-0.1, -0.05) is 30.3 Å². The van der Waals surface area contributed by atoms with Gasteiger partial charge in [0.15, 0.2) is 0 Å². The van der Waals surface area contributed by atoms with Crippen LogP contribution in [0.4, 0.5) is 0 Å². The minimum absolute atomic E-state index is 0.190. The van der Waals surface area contributed by atoms with Crippen LogP contribution in [0.25, 0.3) is 0 Å². The van der Waals surface area contributed by atoms with Gasteiger partial charge in [0.1, 0.15) is 6.04 Å². The normalized spacial score (nSPS) is 20.2. The van der Waals surface area contributed by atoms with Gasteiger partial charge in [-0.15, -0.1) is 0 Å². The van der Waals surface area contributed by atoms with E-state index >= 15 is 0 Å². The molecule has 0 unspecified atom stereocenters. The zero-order valence-corrected chi connectivity index (χ0v) is 15.0. The third kappa shape index (κ3) is 4.34.